The third-order valence-corrected chi connectivity index (χ3v) is 3.03. The number of rotatable bonds is 0. The number of H-pyrrole nitrogens is 1. The van der Waals surface area contributed by atoms with Gasteiger partial charge < -0.3 is 9.55 Å². The van der Waals surface area contributed by atoms with E-state index >= 15 is 0 Å². The Hall–Kier alpha value is -1.74. The molecule has 2 aromatic heterocycles. The fraction of sp³-hybridized carbons (Fsp3) is 0.0833. The lowest BCUT2D eigenvalue weighted by molar-refractivity contribution is 0.871. The molecule has 0 saturated carbocycles. The Balaban J connectivity index is 2.61. The quantitative estimate of drug-likeness (QED) is 0.636. The lowest BCUT2D eigenvalue weighted by atomic mass is 10.2. The Kier molecular flexibility index (Phi) is 1.85. The lowest BCUT2D eigenvalue weighted by Gasteiger charge is -1.95. The van der Waals surface area contributed by atoms with E-state index in [0.29, 0.717) is 10.5 Å². The van der Waals surface area contributed by atoms with Crippen molar-refractivity contribution in [2.75, 3.05) is 0 Å². The van der Waals surface area contributed by atoms with Crippen LogP contribution in [0, 0.1) is 0 Å². The molecule has 0 atom stereocenters. The molecular weight excluding hydrogens is 224 g/mol. The monoisotopic (exact) mass is 232 g/mol. The lowest BCUT2D eigenvalue weighted by Crippen LogP contribution is -2.15. The summed E-state index contributed by atoms with van der Waals surface area (Å²) in [5.74, 6) is 0. The van der Waals surface area contributed by atoms with Crippen LogP contribution in [0.5, 0.6) is 0 Å². The summed E-state index contributed by atoms with van der Waals surface area (Å²) in [6.45, 7) is 0. The summed E-state index contributed by atoms with van der Waals surface area (Å²) >= 11 is 5.95. The van der Waals surface area contributed by atoms with Gasteiger partial charge in [0.1, 0.15) is 5.52 Å². The molecule has 0 unspecified atom stereocenters. The maximum atomic E-state index is 11.9. The average Bonchev–Trinajstić information content (AvgIpc) is 2.62. The number of pyridine rings is 1. The largest absolute Gasteiger partial charge is 0.350 e. The van der Waals surface area contributed by atoms with Gasteiger partial charge in [-0.15, -0.1) is 0 Å². The first kappa shape index (κ1) is 9.48. The van der Waals surface area contributed by atoms with Crippen molar-refractivity contribution in [1.29, 1.82) is 0 Å². The molecule has 0 saturated heterocycles. The Morgan fingerprint density at radius 1 is 1.25 bits per heavy atom. The van der Waals surface area contributed by atoms with Crippen LogP contribution in [0.3, 0.4) is 0 Å². The van der Waals surface area contributed by atoms with E-state index in [1.165, 1.54) is 0 Å². The molecule has 0 radical (unpaired) electrons. The standard InChI is InChI=1S/C12H9ClN2O/c1-15-5-4-8-9-6-7(13)2-3-10(9)14-11(8)12(15)16/h2-6,14H,1H3. The molecule has 3 aromatic rings. The van der Waals surface area contributed by atoms with Crippen LogP contribution in [-0.4, -0.2) is 9.55 Å². The summed E-state index contributed by atoms with van der Waals surface area (Å²) in [5, 5.41) is 2.58. The van der Waals surface area contributed by atoms with Crippen molar-refractivity contribution in [2.24, 2.45) is 7.05 Å². The van der Waals surface area contributed by atoms with Crippen LogP contribution in [-0.2, 0) is 7.05 Å². The zero-order valence-corrected chi connectivity index (χ0v) is 9.38. The highest BCUT2D eigenvalue weighted by Gasteiger charge is 2.07. The van der Waals surface area contributed by atoms with Gasteiger partial charge >= 0.3 is 0 Å². The fourth-order valence-corrected chi connectivity index (χ4v) is 2.13. The van der Waals surface area contributed by atoms with Gasteiger partial charge in [-0.1, -0.05) is 11.6 Å². The zero-order valence-electron chi connectivity index (χ0n) is 8.62. The molecule has 2 heterocycles. The van der Waals surface area contributed by atoms with E-state index in [0.717, 1.165) is 16.3 Å². The topological polar surface area (TPSA) is 37.8 Å². The van der Waals surface area contributed by atoms with E-state index < -0.39 is 0 Å². The van der Waals surface area contributed by atoms with Gasteiger partial charge in [0.15, 0.2) is 0 Å². The summed E-state index contributed by atoms with van der Waals surface area (Å²) in [6, 6.07) is 7.49. The number of aryl methyl sites for hydroxylation is 1. The number of hydrogen-bond donors (Lipinski definition) is 1. The third-order valence-electron chi connectivity index (χ3n) is 2.80. The molecule has 0 aliphatic carbocycles. The normalized spacial score (nSPS) is 11.4. The second-order valence-electron chi connectivity index (χ2n) is 3.84. The van der Waals surface area contributed by atoms with Gasteiger partial charge in [0.25, 0.3) is 5.56 Å². The predicted octanol–water partition coefficient (Wildman–Crippen LogP) is 2.67. The Morgan fingerprint density at radius 2 is 2.06 bits per heavy atom. The van der Waals surface area contributed by atoms with Crippen LogP contribution >= 0.6 is 11.6 Å². The molecule has 80 valence electrons. The van der Waals surface area contributed by atoms with Gasteiger partial charge in [0.2, 0.25) is 0 Å². The van der Waals surface area contributed by atoms with Crippen LogP contribution in [0.4, 0.5) is 0 Å². The third kappa shape index (κ3) is 1.18. The van der Waals surface area contributed by atoms with Crippen LogP contribution in [0.25, 0.3) is 21.8 Å². The number of aromatic amines is 1. The highest BCUT2D eigenvalue weighted by molar-refractivity contribution is 6.31. The SMILES string of the molecule is Cn1ccc2c([nH]c3ccc(Cl)cc32)c1=O. The fourth-order valence-electron chi connectivity index (χ4n) is 1.96. The summed E-state index contributed by atoms with van der Waals surface area (Å²) in [5.41, 5.74) is 1.54. The number of nitrogens with zero attached hydrogens (tertiary/aromatic N) is 1. The van der Waals surface area contributed by atoms with Crippen molar-refractivity contribution in [3.05, 3.63) is 45.8 Å². The van der Waals surface area contributed by atoms with E-state index in [4.69, 9.17) is 11.6 Å². The molecule has 0 aliphatic rings. The van der Waals surface area contributed by atoms with Gasteiger partial charge in [-0.05, 0) is 24.3 Å². The molecule has 3 rings (SSSR count). The minimum atomic E-state index is -0.0233. The number of fused-ring (bicyclic) bond motifs is 3. The molecule has 1 N–H and O–H groups in total. The smallest absolute Gasteiger partial charge is 0.274 e. The van der Waals surface area contributed by atoms with Crippen LogP contribution < -0.4 is 5.56 Å². The first-order valence-electron chi connectivity index (χ1n) is 4.93. The minimum absolute atomic E-state index is 0.0233. The van der Waals surface area contributed by atoms with Gasteiger partial charge in [0.05, 0.1) is 0 Å². The first-order valence-corrected chi connectivity index (χ1v) is 5.31. The second kappa shape index (κ2) is 3.12. The predicted molar refractivity (Wildman–Crippen MR) is 66.1 cm³/mol. The Bertz CT molecular complexity index is 755. The average molecular weight is 233 g/mol. The van der Waals surface area contributed by atoms with Crippen LogP contribution in [0.15, 0.2) is 35.3 Å². The number of aromatic nitrogens is 2. The van der Waals surface area contributed by atoms with Crippen molar-refractivity contribution >= 4 is 33.4 Å². The van der Waals surface area contributed by atoms with E-state index in [2.05, 4.69) is 4.98 Å². The number of halogens is 1. The molecule has 4 heteroatoms. The Morgan fingerprint density at radius 3 is 2.88 bits per heavy atom. The minimum Gasteiger partial charge on any atom is -0.350 e. The first-order chi connectivity index (χ1) is 7.66. The molecule has 0 amide bonds. The van der Waals surface area contributed by atoms with E-state index in [1.807, 2.05) is 24.3 Å². The zero-order chi connectivity index (χ0) is 11.3. The van der Waals surface area contributed by atoms with E-state index in [-0.39, 0.29) is 5.56 Å². The summed E-state index contributed by atoms with van der Waals surface area (Å²) in [6.07, 6.45) is 1.76. The van der Waals surface area contributed by atoms with Crippen LogP contribution in [0.1, 0.15) is 0 Å². The van der Waals surface area contributed by atoms with Gasteiger partial charge in [0, 0.05) is 34.6 Å². The molecule has 0 bridgehead atoms. The summed E-state index contributed by atoms with van der Waals surface area (Å²) in [7, 11) is 1.74. The van der Waals surface area contributed by atoms with Gasteiger partial charge in [-0.3, -0.25) is 4.79 Å². The number of benzene rings is 1. The number of hydrogen-bond acceptors (Lipinski definition) is 1. The number of nitrogens with one attached hydrogen (secondary N) is 1. The maximum Gasteiger partial charge on any atom is 0.274 e. The van der Waals surface area contributed by atoms with Gasteiger partial charge in [-0.2, -0.15) is 0 Å². The molecule has 0 fully saturated rings. The molecule has 3 nitrogen and oxygen atoms in total. The summed E-state index contributed by atoms with van der Waals surface area (Å²) < 4.78 is 1.55. The van der Waals surface area contributed by atoms with Crippen molar-refractivity contribution in [3.8, 4) is 0 Å². The van der Waals surface area contributed by atoms with E-state index in [9.17, 15) is 4.79 Å². The highest BCUT2D eigenvalue weighted by atomic mass is 35.5. The molecule has 0 aliphatic heterocycles. The highest BCUT2D eigenvalue weighted by Crippen LogP contribution is 2.25. The molecular formula is C12H9ClN2O. The Labute approximate surface area is 96.3 Å². The summed E-state index contributed by atoms with van der Waals surface area (Å²) in [4.78, 5) is 15.0. The van der Waals surface area contributed by atoms with Crippen molar-refractivity contribution < 1.29 is 0 Å². The second-order valence-corrected chi connectivity index (χ2v) is 4.27. The van der Waals surface area contributed by atoms with E-state index in [1.54, 1.807) is 17.8 Å². The van der Waals surface area contributed by atoms with Crippen molar-refractivity contribution in [3.63, 3.8) is 0 Å². The van der Waals surface area contributed by atoms with Crippen molar-refractivity contribution in [1.82, 2.24) is 9.55 Å². The molecule has 0 spiro atoms. The van der Waals surface area contributed by atoms with Crippen molar-refractivity contribution in [2.45, 2.75) is 0 Å². The molecule has 1 aromatic carbocycles. The molecule has 16 heavy (non-hydrogen) atoms. The van der Waals surface area contributed by atoms with Gasteiger partial charge in [-0.25, -0.2) is 0 Å². The van der Waals surface area contributed by atoms with Crippen LogP contribution in [0.2, 0.25) is 5.02 Å². The maximum absolute atomic E-state index is 11.9.